The molecule has 0 bridgehead atoms. The Morgan fingerprint density at radius 3 is 2.36 bits per heavy atom. The number of piperazine rings is 1. The third kappa shape index (κ3) is 3.39. The van der Waals surface area contributed by atoms with Crippen LogP contribution in [0.15, 0.2) is 29.3 Å². The zero-order chi connectivity index (χ0) is 19.6. The summed E-state index contributed by atoms with van der Waals surface area (Å²) in [5.41, 5.74) is 0.640. The van der Waals surface area contributed by atoms with E-state index in [0.717, 1.165) is 64.0 Å². The van der Waals surface area contributed by atoms with Crippen LogP contribution in [-0.2, 0) is 4.79 Å². The van der Waals surface area contributed by atoms with Gasteiger partial charge in [0.05, 0.1) is 18.7 Å². The van der Waals surface area contributed by atoms with Gasteiger partial charge in [-0.3, -0.25) is 10.1 Å². The van der Waals surface area contributed by atoms with E-state index in [0.29, 0.717) is 5.96 Å². The molecule has 1 saturated carbocycles. The Morgan fingerprint density at radius 1 is 1.11 bits per heavy atom. The zero-order valence-electron chi connectivity index (χ0n) is 16.4. The number of carbonyl (C=O) groups is 1. The molecule has 0 unspecified atom stereocenters. The molecule has 1 spiro atoms. The number of benzene rings is 1. The number of hydrogen-bond acceptors (Lipinski definition) is 6. The van der Waals surface area contributed by atoms with Gasteiger partial charge in [-0.1, -0.05) is 19.3 Å². The summed E-state index contributed by atoms with van der Waals surface area (Å²) in [5.74, 6) is 0.656. The number of guanidine groups is 1. The van der Waals surface area contributed by atoms with Crippen LogP contribution in [-0.4, -0.2) is 55.6 Å². The van der Waals surface area contributed by atoms with E-state index in [-0.39, 0.29) is 5.91 Å². The van der Waals surface area contributed by atoms with Gasteiger partial charge in [-0.05, 0) is 37.1 Å². The van der Waals surface area contributed by atoms with Crippen molar-refractivity contribution in [2.75, 3.05) is 38.2 Å². The number of carbonyl (C=O) groups excluding carboxylic acids is 1. The Balaban J connectivity index is 1.47. The molecule has 1 atom stereocenters. The van der Waals surface area contributed by atoms with Gasteiger partial charge in [0, 0.05) is 31.9 Å². The number of aliphatic imine (C=N–C) groups is 1. The average molecular weight is 381 g/mol. The lowest BCUT2D eigenvalue weighted by Gasteiger charge is -2.44. The topological polar surface area (TPSA) is 81.0 Å². The van der Waals surface area contributed by atoms with E-state index < -0.39 is 11.5 Å². The van der Waals surface area contributed by atoms with Crippen LogP contribution in [0.3, 0.4) is 0 Å². The first-order valence-electron chi connectivity index (χ1n) is 10.1. The molecule has 28 heavy (non-hydrogen) atoms. The molecule has 1 N–H and O–H groups in total. The summed E-state index contributed by atoms with van der Waals surface area (Å²) >= 11 is 0. The monoisotopic (exact) mass is 381 g/mol. The Labute approximate surface area is 166 Å². The van der Waals surface area contributed by atoms with Gasteiger partial charge in [0.2, 0.25) is 11.9 Å². The van der Waals surface area contributed by atoms with Gasteiger partial charge in [-0.25, -0.2) is 4.99 Å². The number of amides is 1. The highest BCUT2D eigenvalue weighted by molar-refractivity contribution is 6.02. The van der Waals surface area contributed by atoms with Gasteiger partial charge >= 0.3 is 0 Å². The fourth-order valence-electron chi connectivity index (χ4n) is 4.59. The number of hydrogen-bond donors (Lipinski definition) is 1. The maximum absolute atomic E-state index is 12.6. The lowest BCUT2D eigenvalue weighted by molar-refractivity contribution is -0.125. The van der Waals surface area contributed by atoms with Gasteiger partial charge in [0.15, 0.2) is 5.92 Å². The molecule has 2 heterocycles. The summed E-state index contributed by atoms with van der Waals surface area (Å²) in [6.45, 7) is 3.29. The summed E-state index contributed by atoms with van der Waals surface area (Å²) in [5, 5.41) is 12.5. The number of rotatable bonds is 2. The number of methoxy groups -OCH3 is 1. The highest BCUT2D eigenvalue weighted by atomic mass is 16.5. The lowest BCUT2D eigenvalue weighted by atomic mass is 9.72. The van der Waals surface area contributed by atoms with Crippen molar-refractivity contribution >= 4 is 17.6 Å². The number of nitriles is 1. The number of nitrogens with one attached hydrogen (secondary N) is 1. The fourth-order valence-corrected chi connectivity index (χ4v) is 4.59. The molecular formula is C21H27N5O2. The van der Waals surface area contributed by atoms with Crippen LogP contribution in [0.4, 0.5) is 5.69 Å². The summed E-state index contributed by atoms with van der Waals surface area (Å²) in [6.07, 6.45) is 4.88. The van der Waals surface area contributed by atoms with Crippen LogP contribution in [0.25, 0.3) is 0 Å². The maximum Gasteiger partial charge on any atom is 0.246 e. The van der Waals surface area contributed by atoms with E-state index >= 15 is 0 Å². The predicted octanol–water partition coefficient (Wildman–Crippen LogP) is 2.15. The van der Waals surface area contributed by atoms with Crippen LogP contribution in [0, 0.1) is 17.2 Å². The molecule has 1 amide bonds. The number of anilines is 1. The van der Waals surface area contributed by atoms with Gasteiger partial charge in [-0.2, -0.15) is 5.26 Å². The number of nitrogens with zero attached hydrogens (tertiary/aromatic N) is 4. The Hall–Kier alpha value is -2.75. The minimum absolute atomic E-state index is 0.188. The molecular weight excluding hydrogens is 354 g/mol. The van der Waals surface area contributed by atoms with Crippen molar-refractivity contribution in [3.05, 3.63) is 24.3 Å². The van der Waals surface area contributed by atoms with E-state index in [9.17, 15) is 10.1 Å². The molecule has 0 aromatic heterocycles. The summed E-state index contributed by atoms with van der Waals surface area (Å²) in [6, 6.07) is 10.3. The van der Waals surface area contributed by atoms with Crippen molar-refractivity contribution in [3.8, 4) is 11.8 Å². The van der Waals surface area contributed by atoms with Gasteiger partial charge < -0.3 is 14.5 Å². The van der Waals surface area contributed by atoms with Crippen LogP contribution in [0.1, 0.15) is 32.1 Å². The highest BCUT2D eigenvalue weighted by Crippen LogP contribution is 2.40. The quantitative estimate of drug-likeness (QED) is 0.849. The van der Waals surface area contributed by atoms with Crippen molar-refractivity contribution < 1.29 is 9.53 Å². The van der Waals surface area contributed by atoms with Crippen LogP contribution in [0.2, 0.25) is 0 Å². The van der Waals surface area contributed by atoms with Crippen LogP contribution >= 0.6 is 0 Å². The Kier molecular flexibility index (Phi) is 5.12. The van der Waals surface area contributed by atoms with E-state index in [1.807, 2.05) is 12.1 Å². The maximum atomic E-state index is 12.6. The second-order valence-corrected chi connectivity index (χ2v) is 7.82. The average Bonchev–Trinajstić information content (AvgIpc) is 2.74. The molecule has 2 aliphatic heterocycles. The minimum atomic E-state index is -0.669. The molecule has 0 radical (unpaired) electrons. The minimum Gasteiger partial charge on any atom is -0.497 e. The van der Waals surface area contributed by atoms with Crippen molar-refractivity contribution in [2.45, 2.75) is 37.6 Å². The predicted molar refractivity (Wildman–Crippen MR) is 107 cm³/mol. The Morgan fingerprint density at radius 2 is 1.75 bits per heavy atom. The third-order valence-corrected chi connectivity index (χ3v) is 6.23. The standard InChI is InChI=1S/C21H27N5O2/c1-28-17-7-5-16(6-8-17)25-11-13-26(14-12-25)20-23-19(27)18(15-22)21(24-20)9-3-2-4-10-21/h5-8,18H,2-4,9-14H2,1H3,(H,23,24,27)/t18-/m0/s1. The normalized spacial score (nSPS) is 24.4. The molecule has 7 heteroatoms. The van der Waals surface area contributed by atoms with E-state index in [1.54, 1.807) is 7.11 Å². The summed E-state index contributed by atoms with van der Waals surface area (Å²) < 4.78 is 5.23. The van der Waals surface area contributed by atoms with E-state index in [4.69, 9.17) is 9.73 Å². The van der Waals surface area contributed by atoms with Crippen LogP contribution < -0.4 is 15.0 Å². The molecule has 3 aliphatic rings. The highest BCUT2D eigenvalue weighted by Gasteiger charge is 2.48. The van der Waals surface area contributed by atoms with E-state index in [1.165, 1.54) is 5.69 Å². The van der Waals surface area contributed by atoms with Crippen molar-refractivity contribution in [2.24, 2.45) is 10.9 Å². The SMILES string of the molecule is COc1ccc(N2CCN(C3=NC4(CCCCC4)[C@@H](C#N)C(=O)N3)CC2)cc1. The molecule has 1 aliphatic carbocycles. The van der Waals surface area contributed by atoms with Crippen molar-refractivity contribution in [3.63, 3.8) is 0 Å². The van der Waals surface area contributed by atoms with Gasteiger partial charge in [0.1, 0.15) is 5.75 Å². The van der Waals surface area contributed by atoms with Crippen LogP contribution in [0.5, 0.6) is 5.75 Å². The first-order valence-corrected chi connectivity index (χ1v) is 10.1. The first kappa shape index (κ1) is 18.6. The molecule has 2 fully saturated rings. The zero-order valence-corrected chi connectivity index (χ0v) is 16.4. The first-order chi connectivity index (χ1) is 13.6. The van der Waals surface area contributed by atoms with E-state index in [2.05, 4.69) is 33.3 Å². The summed E-state index contributed by atoms with van der Waals surface area (Å²) in [7, 11) is 1.67. The third-order valence-electron chi connectivity index (χ3n) is 6.23. The second-order valence-electron chi connectivity index (χ2n) is 7.82. The molecule has 148 valence electrons. The molecule has 1 aromatic carbocycles. The second kappa shape index (κ2) is 7.70. The lowest BCUT2D eigenvalue weighted by Crippen LogP contribution is -2.60. The molecule has 4 rings (SSSR count). The van der Waals surface area contributed by atoms with Crippen molar-refractivity contribution in [1.29, 1.82) is 5.26 Å². The number of ether oxygens (including phenoxy) is 1. The Bertz CT molecular complexity index is 784. The van der Waals surface area contributed by atoms with Gasteiger partial charge in [-0.15, -0.1) is 0 Å². The fraction of sp³-hybridized carbons (Fsp3) is 0.571. The molecule has 7 nitrogen and oxygen atoms in total. The van der Waals surface area contributed by atoms with Gasteiger partial charge in [0.25, 0.3) is 0 Å². The van der Waals surface area contributed by atoms with Crippen molar-refractivity contribution in [1.82, 2.24) is 10.2 Å². The summed E-state index contributed by atoms with van der Waals surface area (Å²) in [4.78, 5) is 22.1. The largest absolute Gasteiger partial charge is 0.497 e. The molecule has 1 saturated heterocycles. The molecule has 1 aromatic rings. The smallest absolute Gasteiger partial charge is 0.246 e.